The van der Waals surface area contributed by atoms with Crippen molar-refractivity contribution in [2.24, 2.45) is 5.41 Å². The van der Waals surface area contributed by atoms with Crippen LogP contribution in [0.5, 0.6) is 0 Å². The number of benzene rings is 1. The summed E-state index contributed by atoms with van der Waals surface area (Å²) < 4.78 is 33.4. The second-order valence-electron chi connectivity index (χ2n) is 8.41. The molecule has 1 aromatic rings. The lowest BCUT2D eigenvalue weighted by molar-refractivity contribution is 0.0242. The van der Waals surface area contributed by atoms with E-state index in [0.717, 1.165) is 58.3 Å². The summed E-state index contributed by atoms with van der Waals surface area (Å²) in [7, 11) is -3.39. The predicted octanol–water partition coefficient (Wildman–Crippen LogP) is 1.70. The minimum Gasteiger partial charge on any atom is -0.392 e. The number of hydrogen-bond donors (Lipinski definition) is 1. The van der Waals surface area contributed by atoms with Gasteiger partial charge in [0.15, 0.2) is 0 Å². The van der Waals surface area contributed by atoms with Crippen LogP contribution in [0.1, 0.15) is 32.1 Å². The molecule has 4 rings (SSSR count). The summed E-state index contributed by atoms with van der Waals surface area (Å²) in [6.07, 6.45) is 4.66. The molecule has 0 bridgehead atoms. The lowest BCUT2D eigenvalue weighted by Gasteiger charge is -2.38. The first-order chi connectivity index (χ1) is 13.0. The molecule has 3 aliphatic rings. The van der Waals surface area contributed by atoms with Crippen molar-refractivity contribution in [2.45, 2.75) is 49.2 Å². The summed E-state index contributed by atoms with van der Waals surface area (Å²) >= 11 is 0. The molecule has 1 spiro atoms. The van der Waals surface area contributed by atoms with E-state index in [-0.39, 0.29) is 17.6 Å². The Morgan fingerprint density at radius 3 is 2.59 bits per heavy atom. The Kier molecular flexibility index (Phi) is 5.58. The van der Waals surface area contributed by atoms with Crippen molar-refractivity contribution < 1.29 is 18.3 Å². The van der Waals surface area contributed by atoms with Crippen LogP contribution in [0.3, 0.4) is 0 Å². The lowest BCUT2D eigenvalue weighted by atomic mass is 9.77. The van der Waals surface area contributed by atoms with E-state index in [2.05, 4.69) is 4.90 Å². The van der Waals surface area contributed by atoms with Gasteiger partial charge in [-0.15, -0.1) is 0 Å². The largest absolute Gasteiger partial charge is 0.392 e. The summed E-state index contributed by atoms with van der Waals surface area (Å²) in [5.41, 5.74) is 0.113. The van der Waals surface area contributed by atoms with E-state index >= 15 is 0 Å². The van der Waals surface area contributed by atoms with E-state index in [9.17, 15) is 13.5 Å². The topological polar surface area (TPSA) is 70.1 Å². The van der Waals surface area contributed by atoms with Gasteiger partial charge in [0.05, 0.1) is 23.7 Å². The second-order valence-corrected chi connectivity index (χ2v) is 10.3. The molecule has 0 radical (unpaired) electrons. The number of rotatable bonds is 4. The molecule has 3 heterocycles. The smallest absolute Gasteiger partial charge is 0.243 e. The summed E-state index contributed by atoms with van der Waals surface area (Å²) in [6, 6.07) is 8.71. The SMILES string of the molecule is O=S(=O)(c1ccccc1)N1CCC2(CC1)CO[C@@H](CN1CCC[C@@H](O)C1)C2. The van der Waals surface area contributed by atoms with Crippen LogP contribution in [0.25, 0.3) is 0 Å². The molecular formula is C20H30N2O4S. The standard InChI is InChI=1S/C20H30N2O4S/c23-17-5-4-10-21(14-17)15-18-13-20(16-26-18)8-11-22(12-9-20)27(24,25)19-6-2-1-3-7-19/h1-3,6-7,17-18,23H,4-5,8-16H2/t17-,18-/m1/s1. The highest BCUT2D eigenvalue weighted by Crippen LogP contribution is 2.43. The number of sulfonamides is 1. The minimum atomic E-state index is -3.39. The van der Waals surface area contributed by atoms with E-state index in [1.807, 2.05) is 6.07 Å². The molecule has 1 aromatic carbocycles. The fraction of sp³-hybridized carbons (Fsp3) is 0.700. The van der Waals surface area contributed by atoms with Gasteiger partial charge in [0.25, 0.3) is 0 Å². The number of piperidine rings is 2. The fourth-order valence-corrected chi connectivity index (χ4v) is 6.25. The van der Waals surface area contributed by atoms with Gasteiger partial charge in [-0.3, -0.25) is 4.90 Å². The highest BCUT2D eigenvalue weighted by atomic mass is 32.2. The van der Waals surface area contributed by atoms with Gasteiger partial charge in [-0.05, 0) is 56.2 Å². The molecule has 150 valence electrons. The Balaban J connectivity index is 1.33. The molecule has 27 heavy (non-hydrogen) atoms. The monoisotopic (exact) mass is 394 g/mol. The van der Waals surface area contributed by atoms with Gasteiger partial charge >= 0.3 is 0 Å². The Morgan fingerprint density at radius 2 is 1.89 bits per heavy atom. The van der Waals surface area contributed by atoms with Gasteiger partial charge in [0.1, 0.15) is 0 Å². The minimum absolute atomic E-state index is 0.113. The van der Waals surface area contributed by atoms with Crippen molar-refractivity contribution in [3.63, 3.8) is 0 Å². The summed E-state index contributed by atoms with van der Waals surface area (Å²) in [5.74, 6) is 0. The van der Waals surface area contributed by atoms with Gasteiger partial charge in [0.2, 0.25) is 10.0 Å². The summed E-state index contributed by atoms with van der Waals surface area (Å²) in [5, 5.41) is 9.85. The van der Waals surface area contributed by atoms with E-state index in [0.29, 0.717) is 18.0 Å². The van der Waals surface area contributed by atoms with E-state index in [1.54, 1.807) is 28.6 Å². The van der Waals surface area contributed by atoms with Crippen LogP contribution < -0.4 is 0 Å². The number of β-amino-alcohol motifs (C(OH)–C–C–N with tert-alkyl or cyclic N) is 1. The third-order valence-electron chi connectivity index (χ3n) is 6.39. The zero-order valence-electron chi connectivity index (χ0n) is 15.8. The molecule has 0 aliphatic carbocycles. The zero-order chi connectivity index (χ0) is 18.9. The quantitative estimate of drug-likeness (QED) is 0.842. The number of aliphatic hydroxyl groups is 1. The molecule has 3 fully saturated rings. The van der Waals surface area contributed by atoms with Crippen LogP contribution in [0.2, 0.25) is 0 Å². The first-order valence-electron chi connectivity index (χ1n) is 10.0. The third kappa shape index (κ3) is 4.22. The molecule has 0 saturated carbocycles. The number of hydrogen-bond acceptors (Lipinski definition) is 5. The maximum Gasteiger partial charge on any atom is 0.243 e. The maximum atomic E-state index is 12.8. The van der Waals surface area contributed by atoms with E-state index in [1.165, 1.54) is 0 Å². The first-order valence-corrected chi connectivity index (χ1v) is 11.5. The van der Waals surface area contributed by atoms with Crippen molar-refractivity contribution in [1.29, 1.82) is 0 Å². The average Bonchev–Trinajstić information content (AvgIpc) is 3.05. The molecule has 7 heteroatoms. The molecule has 0 amide bonds. The highest BCUT2D eigenvalue weighted by molar-refractivity contribution is 7.89. The normalized spacial score (nSPS) is 30.0. The number of nitrogens with zero attached hydrogens (tertiary/aromatic N) is 2. The van der Waals surface area contributed by atoms with Gasteiger partial charge in [0, 0.05) is 26.2 Å². The average molecular weight is 395 g/mol. The van der Waals surface area contributed by atoms with Gasteiger partial charge in [-0.25, -0.2) is 8.42 Å². The first kappa shape index (κ1) is 19.3. The van der Waals surface area contributed by atoms with Gasteiger partial charge in [-0.1, -0.05) is 18.2 Å². The number of likely N-dealkylation sites (tertiary alicyclic amines) is 1. The van der Waals surface area contributed by atoms with Crippen LogP contribution in [0, 0.1) is 5.41 Å². The second kappa shape index (κ2) is 7.79. The van der Waals surface area contributed by atoms with Crippen molar-refractivity contribution in [3.05, 3.63) is 30.3 Å². The van der Waals surface area contributed by atoms with Gasteiger partial charge in [-0.2, -0.15) is 4.31 Å². The van der Waals surface area contributed by atoms with E-state index in [4.69, 9.17) is 4.74 Å². The summed E-state index contributed by atoms with van der Waals surface area (Å²) in [6.45, 7) is 4.52. The molecule has 1 N–H and O–H groups in total. The Labute approximate surface area is 162 Å². The van der Waals surface area contributed by atoms with Crippen molar-refractivity contribution in [3.8, 4) is 0 Å². The Hall–Kier alpha value is -0.990. The fourth-order valence-electron chi connectivity index (χ4n) is 4.79. The van der Waals surface area contributed by atoms with Crippen molar-refractivity contribution in [2.75, 3.05) is 39.3 Å². The Morgan fingerprint density at radius 1 is 1.15 bits per heavy atom. The molecular weight excluding hydrogens is 364 g/mol. The van der Waals surface area contributed by atoms with Crippen LogP contribution in [0.15, 0.2) is 35.2 Å². The Bertz CT molecular complexity index is 732. The zero-order valence-corrected chi connectivity index (χ0v) is 16.6. The van der Waals surface area contributed by atoms with E-state index < -0.39 is 10.0 Å². The predicted molar refractivity (Wildman–Crippen MR) is 103 cm³/mol. The molecule has 2 atom stereocenters. The van der Waals surface area contributed by atoms with Gasteiger partial charge < -0.3 is 9.84 Å². The molecule has 3 saturated heterocycles. The third-order valence-corrected chi connectivity index (χ3v) is 8.31. The number of ether oxygens (including phenoxy) is 1. The lowest BCUT2D eigenvalue weighted by Crippen LogP contribution is -2.44. The van der Waals surface area contributed by atoms with Crippen LogP contribution in [0.4, 0.5) is 0 Å². The van der Waals surface area contributed by atoms with Crippen molar-refractivity contribution >= 4 is 10.0 Å². The van der Waals surface area contributed by atoms with Crippen molar-refractivity contribution in [1.82, 2.24) is 9.21 Å². The highest BCUT2D eigenvalue weighted by Gasteiger charge is 2.44. The summed E-state index contributed by atoms with van der Waals surface area (Å²) in [4.78, 5) is 2.69. The number of aliphatic hydroxyl groups excluding tert-OH is 1. The van der Waals surface area contributed by atoms with Crippen LogP contribution in [-0.4, -0.2) is 74.3 Å². The maximum absolute atomic E-state index is 12.8. The molecule has 0 aromatic heterocycles. The molecule has 0 unspecified atom stereocenters. The van der Waals surface area contributed by atoms with Crippen LogP contribution in [-0.2, 0) is 14.8 Å². The molecule has 6 nitrogen and oxygen atoms in total. The molecule has 3 aliphatic heterocycles. The van der Waals surface area contributed by atoms with Crippen LogP contribution >= 0.6 is 0 Å².